The molecule has 0 N–H and O–H groups in total. The second-order valence-electron chi connectivity index (χ2n) is 5.64. The van der Waals surface area contributed by atoms with Crippen molar-refractivity contribution in [2.24, 2.45) is 0 Å². The zero-order valence-corrected chi connectivity index (χ0v) is 13.6. The smallest absolute Gasteiger partial charge is 0.387 e. The van der Waals surface area contributed by atoms with Crippen molar-refractivity contribution in [3.63, 3.8) is 0 Å². The number of hydrogen-bond acceptors (Lipinski definition) is 5. The predicted octanol–water partition coefficient (Wildman–Crippen LogP) is 2.37. The molecule has 134 valence electrons. The van der Waals surface area contributed by atoms with Crippen LogP contribution in [0.2, 0.25) is 0 Å². The number of amides is 1. The van der Waals surface area contributed by atoms with Crippen LogP contribution in [0, 0.1) is 0 Å². The second kappa shape index (κ2) is 7.45. The van der Waals surface area contributed by atoms with Crippen LogP contribution in [0.3, 0.4) is 0 Å². The molecule has 25 heavy (non-hydrogen) atoms. The molecule has 0 atom stereocenters. The Kier molecular flexibility index (Phi) is 5.11. The molecule has 0 spiro atoms. The van der Waals surface area contributed by atoms with E-state index in [9.17, 15) is 13.6 Å². The molecule has 1 saturated heterocycles. The summed E-state index contributed by atoms with van der Waals surface area (Å²) in [6.07, 6.45) is 4.66. The number of alkyl halides is 2. The highest BCUT2D eigenvalue weighted by Gasteiger charge is 2.25. The lowest BCUT2D eigenvalue weighted by atomic mass is 10.0. The molecule has 0 radical (unpaired) electrons. The Morgan fingerprint density at radius 2 is 2.04 bits per heavy atom. The number of aromatic nitrogens is 3. The van der Waals surface area contributed by atoms with Gasteiger partial charge in [-0.1, -0.05) is 0 Å². The van der Waals surface area contributed by atoms with Crippen LogP contribution in [0.5, 0.6) is 11.5 Å². The third-order valence-corrected chi connectivity index (χ3v) is 4.19. The van der Waals surface area contributed by atoms with E-state index in [1.54, 1.807) is 22.0 Å². The van der Waals surface area contributed by atoms with Gasteiger partial charge in [-0.3, -0.25) is 4.79 Å². The lowest BCUT2D eigenvalue weighted by Crippen LogP contribution is -2.39. The molecule has 1 fully saturated rings. The first-order valence-corrected chi connectivity index (χ1v) is 7.84. The fourth-order valence-corrected chi connectivity index (χ4v) is 2.92. The van der Waals surface area contributed by atoms with Gasteiger partial charge in [0.2, 0.25) is 0 Å². The van der Waals surface area contributed by atoms with Gasteiger partial charge < -0.3 is 14.4 Å². The predicted molar refractivity (Wildman–Crippen MR) is 83.8 cm³/mol. The van der Waals surface area contributed by atoms with Gasteiger partial charge in [-0.05, 0) is 31.0 Å². The molecule has 1 aromatic heterocycles. The van der Waals surface area contributed by atoms with Gasteiger partial charge in [0.05, 0.1) is 13.2 Å². The maximum Gasteiger partial charge on any atom is 0.387 e. The van der Waals surface area contributed by atoms with Crippen molar-refractivity contribution in [2.75, 3.05) is 20.2 Å². The van der Waals surface area contributed by atoms with E-state index in [0.717, 1.165) is 12.8 Å². The van der Waals surface area contributed by atoms with E-state index >= 15 is 0 Å². The van der Waals surface area contributed by atoms with Gasteiger partial charge in [-0.2, -0.15) is 13.9 Å². The summed E-state index contributed by atoms with van der Waals surface area (Å²) in [6, 6.07) is 4.49. The zero-order chi connectivity index (χ0) is 17.8. The molecule has 1 aliphatic heterocycles. The van der Waals surface area contributed by atoms with E-state index < -0.39 is 6.61 Å². The normalized spacial score (nSPS) is 15.4. The van der Waals surface area contributed by atoms with Gasteiger partial charge in [0, 0.05) is 18.7 Å². The molecular weight excluding hydrogens is 334 g/mol. The largest absolute Gasteiger partial charge is 0.493 e. The molecule has 0 saturated carbocycles. The fourth-order valence-electron chi connectivity index (χ4n) is 2.92. The first-order valence-electron chi connectivity index (χ1n) is 7.84. The summed E-state index contributed by atoms with van der Waals surface area (Å²) in [5.41, 5.74) is 0.288. The fraction of sp³-hybridized carbons (Fsp3) is 0.438. The number of hydrogen-bond donors (Lipinski definition) is 0. The monoisotopic (exact) mass is 352 g/mol. The Morgan fingerprint density at radius 3 is 2.64 bits per heavy atom. The van der Waals surface area contributed by atoms with E-state index in [4.69, 9.17) is 4.74 Å². The SMILES string of the molecule is COc1ccc(C(=O)N2CCC(n3cncn3)CC2)cc1OC(F)F. The van der Waals surface area contributed by atoms with Gasteiger partial charge in [-0.25, -0.2) is 9.67 Å². The van der Waals surface area contributed by atoms with Crippen molar-refractivity contribution in [1.82, 2.24) is 19.7 Å². The van der Waals surface area contributed by atoms with Crippen LogP contribution < -0.4 is 9.47 Å². The van der Waals surface area contributed by atoms with Crippen LogP contribution in [-0.4, -0.2) is 52.4 Å². The highest BCUT2D eigenvalue weighted by molar-refractivity contribution is 5.95. The van der Waals surface area contributed by atoms with Crippen LogP contribution in [0.4, 0.5) is 8.78 Å². The quantitative estimate of drug-likeness (QED) is 0.826. The third kappa shape index (κ3) is 3.86. The van der Waals surface area contributed by atoms with Crippen molar-refractivity contribution in [3.05, 3.63) is 36.4 Å². The molecule has 1 aliphatic rings. The second-order valence-corrected chi connectivity index (χ2v) is 5.64. The average Bonchev–Trinajstić information content (AvgIpc) is 3.15. The summed E-state index contributed by atoms with van der Waals surface area (Å²) in [5, 5.41) is 4.13. The van der Waals surface area contributed by atoms with Crippen molar-refractivity contribution in [2.45, 2.75) is 25.5 Å². The molecule has 9 heteroatoms. The highest BCUT2D eigenvalue weighted by Crippen LogP contribution is 2.30. The summed E-state index contributed by atoms with van der Waals surface area (Å²) in [6.45, 7) is -1.88. The van der Waals surface area contributed by atoms with Crippen LogP contribution in [-0.2, 0) is 0 Å². The number of methoxy groups -OCH3 is 1. The zero-order valence-electron chi connectivity index (χ0n) is 13.6. The summed E-state index contributed by atoms with van der Waals surface area (Å²) in [7, 11) is 1.35. The summed E-state index contributed by atoms with van der Waals surface area (Å²) < 4.78 is 36.2. The Hall–Kier alpha value is -2.71. The standard InChI is InChI=1S/C16H18F2N4O3/c1-24-13-3-2-11(8-14(13)25-16(17)18)15(23)21-6-4-12(5-7-21)22-10-19-9-20-22/h2-3,8-10,12,16H,4-7H2,1H3. The minimum atomic E-state index is -2.99. The molecule has 7 nitrogen and oxygen atoms in total. The van der Waals surface area contributed by atoms with Crippen LogP contribution in [0.1, 0.15) is 29.2 Å². The molecule has 0 aliphatic carbocycles. The number of carbonyl (C=O) groups excluding carboxylic acids is 1. The molecule has 1 amide bonds. The Labute approximate surface area is 143 Å². The van der Waals surface area contributed by atoms with Gasteiger partial charge in [-0.15, -0.1) is 0 Å². The van der Waals surface area contributed by atoms with E-state index in [-0.39, 0.29) is 29.0 Å². The van der Waals surface area contributed by atoms with E-state index in [2.05, 4.69) is 14.8 Å². The minimum absolute atomic E-state index is 0.152. The molecule has 0 bridgehead atoms. The van der Waals surface area contributed by atoms with Crippen molar-refractivity contribution >= 4 is 5.91 Å². The molecule has 0 unspecified atom stereocenters. The maximum atomic E-state index is 12.6. The molecular formula is C16H18F2N4O3. The van der Waals surface area contributed by atoms with Gasteiger partial charge in [0.25, 0.3) is 5.91 Å². The van der Waals surface area contributed by atoms with Gasteiger partial charge in [0.15, 0.2) is 11.5 Å². The Morgan fingerprint density at radius 1 is 1.28 bits per heavy atom. The van der Waals surface area contributed by atoms with Crippen LogP contribution in [0.15, 0.2) is 30.9 Å². The van der Waals surface area contributed by atoms with E-state index in [1.807, 2.05) is 0 Å². The maximum absolute atomic E-state index is 12.6. The van der Waals surface area contributed by atoms with Gasteiger partial charge in [0.1, 0.15) is 12.7 Å². The van der Waals surface area contributed by atoms with Crippen LogP contribution in [0.25, 0.3) is 0 Å². The Bertz CT molecular complexity index is 716. The van der Waals surface area contributed by atoms with E-state index in [1.165, 1.54) is 25.6 Å². The number of benzene rings is 1. The van der Waals surface area contributed by atoms with E-state index in [0.29, 0.717) is 13.1 Å². The van der Waals surface area contributed by atoms with Crippen molar-refractivity contribution in [3.8, 4) is 11.5 Å². The molecule has 2 heterocycles. The molecule has 2 aromatic rings. The Balaban J connectivity index is 1.69. The number of carbonyl (C=O) groups is 1. The first kappa shape index (κ1) is 17.1. The minimum Gasteiger partial charge on any atom is -0.493 e. The number of ether oxygens (including phenoxy) is 2. The number of piperidine rings is 1. The number of rotatable bonds is 5. The summed E-state index contributed by atoms with van der Waals surface area (Å²) >= 11 is 0. The highest BCUT2D eigenvalue weighted by atomic mass is 19.3. The first-order chi connectivity index (χ1) is 12.1. The lowest BCUT2D eigenvalue weighted by Gasteiger charge is -2.32. The van der Waals surface area contributed by atoms with Gasteiger partial charge >= 0.3 is 6.61 Å². The third-order valence-electron chi connectivity index (χ3n) is 4.19. The number of halogens is 2. The summed E-state index contributed by atoms with van der Waals surface area (Å²) in [4.78, 5) is 18.3. The van der Waals surface area contributed by atoms with Crippen molar-refractivity contribution < 1.29 is 23.0 Å². The lowest BCUT2D eigenvalue weighted by molar-refractivity contribution is -0.0512. The van der Waals surface area contributed by atoms with Crippen LogP contribution >= 0.6 is 0 Å². The molecule has 1 aromatic carbocycles. The number of nitrogens with zero attached hydrogens (tertiary/aromatic N) is 4. The number of likely N-dealkylation sites (tertiary alicyclic amines) is 1. The topological polar surface area (TPSA) is 69.5 Å². The average molecular weight is 352 g/mol. The molecule has 3 rings (SSSR count). The van der Waals surface area contributed by atoms with Crippen molar-refractivity contribution in [1.29, 1.82) is 0 Å². The summed E-state index contributed by atoms with van der Waals surface area (Å²) in [5.74, 6) is -0.221.